The Morgan fingerprint density at radius 2 is 2.24 bits per heavy atom. The van der Waals surface area contributed by atoms with Crippen LogP contribution < -0.4 is 10.5 Å². The molecule has 112 valence electrons. The summed E-state index contributed by atoms with van der Waals surface area (Å²) >= 11 is 0. The van der Waals surface area contributed by atoms with E-state index in [1.54, 1.807) is 22.9 Å². The number of nitrogens with zero attached hydrogens (tertiary/aromatic N) is 3. The summed E-state index contributed by atoms with van der Waals surface area (Å²) < 4.78 is 12.1. The third-order valence-corrected chi connectivity index (χ3v) is 2.95. The summed E-state index contributed by atoms with van der Waals surface area (Å²) in [6, 6.07) is 4.99. The molecule has 0 aliphatic carbocycles. The Morgan fingerprint density at radius 3 is 2.95 bits per heavy atom. The SMILES string of the molecule is CCCn1ncnc1COC(=O)c1c(N)cccc1OC. The van der Waals surface area contributed by atoms with Gasteiger partial charge in [0.1, 0.15) is 17.6 Å². The van der Waals surface area contributed by atoms with Crippen molar-refractivity contribution in [3.05, 3.63) is 35.9 Å². The van der Waals surface area contributed by atoms with Gasteiger partial charge in [0, 0.05) is 12.2 Å². The quantitative estimate of drug-likeness (QED) is 0.642. The van der Waals surface area contributed by atoms with Crippen LogP contribution in [-0.4, -0.2) is 27.8 Å². The number of methoxy groups -OCH3 is 1. The lowest BCUT2D eigenvalue weighted by Gasteiger charge is -2.11. The summed E-state index contributed by atoms with van der Waals surface area (Å²) in [5.74, 6) is 0.435. The molecule has 0 aliphatic heterocycles. The fourth-order valence-electron chi connectivity index (χ4n) is 1.94. The molecular formula is C14H18N4O3. The van der Waals surface area contributed by atoms with Crippen molar-refractivity contribution in [2.45, 2.75) is 26.5 Å². The lowest BCUT2D eigenvalue weighted by Crippen LogP contribution is -2.13. The van der Waals surface area contributed by atoms with Gasteiger partial charge in [0.15, 0.2) is 12.4 Å². The van der Waals surface area contributed by atoms with Crippen molar-refractivity contribution < 1.29 is 14.3 Å². The Morgan fingerprint density at radius 1 is 1.43 bits per heavy atom. The highest BCUT2D eigenvalue weighted by Gasteiger charge is 2.18. The minimum Gasteiger partial charge on any atom is -0.496 e. The number of anilines is 1. The van der Waals surface area contributed by atoms with Crippen LogP contribution in [0.1, 0.15) is 29.5 Å². The molecule has 1 heterocycles. The van der Waals surface area contributed by atoms with Crippen LogP contribution in [0.3, 0.4) is 0 Å². The molecule has 1 aromatic heterocycles. The molecule has 0 radical (unpaired) electrons. The van der Waals surface area contributed by atoms with Crippen LogP contribution in [0, 0.1) is 0 Å². The number of aromatic nitrogens is 3. The van der Waals surface area contributed by atoms with Crippen LogP contribution in [0.5, 0.6) is 5.75 Å². The molecule has 0 bridgehead atoms. The van der Waals surface area contributed by atoms with Crippen molar-refractivity contribution in [1.82, 2.24) is 14.8 Å². The zero-order valence-electron chi connectivity index (χ0n) is 12.1. The Kier molecular flexibility index (Phi) is 4.76. The largest absolute Gasteiger partial charge is 0.496 e. The molecule has 7 heteroatoms. The van der Waals surface area contributed by atoms with Crippen LogP contribution >= 0.6 is 0 Å². The number of nitrogens with two attached hydrogens (primary N) is 1. The van der Waals surface area contributed by atoms with Gasteiger partial charge in [-0.25, -0.2) is 14.5 Å². The van der Waals surface area contributed by atoms with E-state index in [2.05, 4.69) is 10.1 Å². The molecule has 21 heavy (non-hydrogen) atoms. The molecule has 2 rings (SSSR count). The summed E-state index contributed by atoms with van der Waals surface area (Å²) in [7, 11) is 1.48. The number of hydrogen-bond acceptors (Lipinski definition) is 6. The fraction of sp³-hybridized carbons (Fsp3) is 0.357. The summed E-state index contributed by atoms with van der Waals surface area (Å²) in [6.07, 6.45) is 2.36. The summed E-state index contributed by atoms with van der Waals surface area (Å²) in [5, 5.41) is 4.07. The zero-order chi connectivity index (χ0) is 15.2. The van der Waals surface area contributed by atoms with Gasteiger partial charge in [-0.3, -0.25) is 0 Å². The van der Waals surface area contributed by atoms with Gasteiger partial charge in [-0.05, 0) is 18.6 Å². The maximum absolute atomic E-state index is 12.2. The molecule has 0 saturated heterocycles. The Labute approximate surface area is 122 Å². The van der Waals surface area contributed by atoms with Crippen molar-refractivity contribution >= 4 is 11.7 Å². The average Bonchev–Trinajstić information content (AvgIpc) is 2.92. The second kappa shape index (κ2) is 6.74. The first-order chi connectivity index (χ1) is 10.2. The maximum atomic E-state index is 12.2. The van der Waals surface area contributed by atoms with Gasteiger partial charge in [0.2, 0.25) is 0 Å². The Balaban J connectivity index is 2.10. The highest BCUT2D eigenvalue weighted by Crippen LogP contribution is 2.25. The smallest absolute Gasteiger partial charge is 0.344 e. The first kappa shape index (κ1) is 14.8. The first-order valence-corrected chi connectivity index (χ1v) is 6.63. The second-order valence-electron chi connectivity index (χ2n) is 4.40. The molecule has 0 aliphatic rings. The van der Waals surface area contributed by atoms with Crippen LogP contribution in [0.15, 0.2) is 24.5 Å². The number of carbonyl (C=O) groups excluding carboxylic acids is 1. The van der Waals surface area contributed by atoms with E-state index in [0.29, 0.717) is 17.3 Å². The van der Waals surface area contributed by atoms with Gasteiger partial charge in [-0.2, -0.15) is 5.10 Å². The average molecular weight is 290 g/mol. The zero-order valence-corrected chi connectivity index (χ0v) is 12.1. The molecule has 0 saturated carbocycles. The van der Waals surface area contributed by atoms with Gasteiger partial charge in [-0.15, -0.1) is 0 Å². The van der Waals surface area contributed by atoms with Gasteiger partial charge in [-0.1, -0.05) is 13.0 Å². The minimum atomic E-state index is -0.545. The van der Waals surface area contributed by atoms with Crippen LogP contribution in [-0.2, 0) is 17.9 Å². The van der Waals surface area contributed by atoms with E-state index >= 15 is 0 Å². The lowest BCUT2D eigenvalue weighted by molar-refractivity contribution is 0.0454. The number of benzene rings is 1. The standard InChI is InChI=1S/C14H18N4O3/c1-3-7-18-12(16-9-17-18)8-21-14(19)13-10(15)5-4-6-11(13)20-2/h4-6,9H,3,7-8,15H2,1-2H3. The van der Waals surface area contributed by atoms with Gasteiger partial charge < -0.3 is 15.2 Å². The third-order valence-electron chi connectivity index (χ3n) is 2.95. The normalized spacial score (nSPS) is 10.4. The molecule has 1 aromatic carbocycles. The lowest BCUT2D eigenvalue weighted by atomic mass is 10.1. The van der Waals surface area contributed by atoms with E-state index < -0.39 is 5.97 Å². The molecule has 0 spiro atoms. The van der Waals surface area contributed by atoms with Crippen molar-refractivity contribution in [1.29, 1.82) is 0 Å². The summed E-state index contributed by atoms with van der Waals surface area (Å²) in [4.78, 5) is 16.2. The van der Waals surface area contributed by atoms with Crippen LogP contribution in [0.4, 0.5) is 5.69 Å². The fourth-order valence-corrected chi connectivity index (χ4v) is 1.94. The highest BCUT2D eigenvalue weighted by atomic mass is 16.5. The van der Waals surface area contributed by atoms with E-state index in [0.717, 1.165) is 13.0 Å². The Hall–Kier alpha value is -2.57. The number of esters is 1. The molecule has 2 N–H and O–H groups in total. The number of rotatable bonds is 6. The molecule has 7 nitrogen and oxygen atoms in total. The van der Waals surface area contributed by atoms with Crippen molar-refractivity contribution in [3.8, 4) is 5.75 Å². The minimum absolute atomic E-state index is 0.0380. The molecule has 0 unspecified atom stereocenters. The van der Waals surface area contributed by atoms with Crippen molar-refractivity contribution in [2.24, 2.45) is 0 Å². The van der Waals surface area contributed by atoms with E-state index in [4.69, 9.17) is 15.2 Å². The number of ether oxygens (including phenoxy) is 2. The van der Waals surface area contributed by atoms with Gasteiger partial charge >= 0.3 is 5.97 Å². The molecule has 0 atom stereocenters. The topological polar surface area (TPSA) is 92.3 Å². The molecular weight excluding hydrogens is 272 g/mol. The number of hydrogen-bond donors (Lipinski definition) is 1. The predicted octanol–water partition coefficient (Wildman–Crippen LogP) is 1.64. The van der Waals surface area contributed by atoms with E-state index in [1.807, 2.05) is 6.92 Å². The van der Waals surface area contributed by atoms with Crippen molar-refractivity contribution in [3.63, 3.8) is 0 Å². The van der Waals surface area contributed by atoms with Crippen LogP contribution in [0.25, 0.3) is 0 Å². The third kappa shape index (κ3) is 3.31. The van der Waals surface area contributed by atoms with Crippen LogP contribution in [0.2, 0.25) is 0 Å². The number of nitrogen functional groups attached to an aromatic ring is 1. The first-order valence-electron chi connectivity index (χ1n) is 6.63. The second-order valence-corrected chi connectivity index (χ2v) is 4.40. The molecule has 0 fully saturated rings. The monoisotopic (exact) mass is 290 g/mol. The van der Waals surface area contributed by atoms with Gasteiger partial charge in [0.05, 0.1) is 7.11 Å². The van der Waals surface area contributed by atoms with E-state index in [1.165, 1.54) is 13.4 Å². The number of aryl methyl sites for hydroxylation is 1. The van der Waals surface area contributed by atoms with Crippen molar-refractivity contribution in [2.75, 3.05) is 12.8 Å². The van der Waals surface area contributed by atoms with Gasteiger partial charge in [0.25, 0.3) is 0 Å². The van der Waals surface area contributed by atoms with E-state index in [9.17, 15) is 4.79 Å². The highest BCUT2D eigenvalue weighted by molar-refractivity contribution is 5.98. The molecule has 2 aromatic rings. The predicted molar refractivity (Wildman–Crippen MR) is 76.8 cm³/mol. The summed E-state index contributed by atoms with van der Waals surface area (Å²) in [5.41, 5.74) is 6.35. The maximum Gasteiger partial charge on any atom is 0.344 e. The molecule has 0 amide bonds. The van der Waals surface area contributed by atoms with E-state index in [-0.39, 0.29) is 12.2 Å². The number of carbonyl (C=O) groups is 1. The Bertz CT molecular complexity index is 624. The summed E-state index contributed by atoms with van der Waals surface area (Å²) in [6.45, 7) is 2.80.